The van der Waals surface area contributed by atoms with Crippen molar-refractivity contribution in [1.82, 2.24) is 4.90 Å². The molecule has 5 atom stereocenters. The Morgan fingerprint density at radius 3 is 1.77 bits per heavy atom. The highest BCUT2D eigenvalue weighted by Gasteiger charge is 2.60. The molecule has 0 aromatic carbocycles. The minimum absolute atomic E-state index is 0.195. The standard InChI is InChI=1S/C15H19NO10/c1-6(17)23-11-10-5-22-15(21)16(10)14(26-9(4)20)13(25-8(3)19)12(11)24-7(2)18/h10-14H,5H2,1-4H3/t10-,11-,12+,13+,14-/m1/s1. The third kappa shape index (κ3) is 4.03. The second-order valence-corrected chi connectivity index (χ2v) is 5.77. The Balaban J connectivity index is 2.51. The van der Waals surface area contributed by atoms with Gasteiger partial charge in [0, 0.05) is 27.7 Å². The molecule has 26 heavy (non-hydrogen) atoms. The first kappa shape index (κ1) is 19.5. The first-order valence-electron chi connectivity index (χ1n) is 7.75. The molecule has 11 heteroatoms. The largest absolute Gasteiger partial charge is 0.456 e. The molecule has 0 aromatic rings. The van der Waals surface area contributed by atoms with E-state index in [0.717, 1.165) is 32.6 Å². The van der Waals surface area contributed by atoms with E-state index in [2.05, 4.69) is 0 Å². The zero-order valence-corrected chi connectivity index (χ0v) is 14.6. The molecule has 0 radical (unpaired) electrons. The summed E-state index contributed by atoms with van der Waals surface area (Å²) in [6, 6.07) is -0.896. The Labute approximate surface area is 148 Å². The third-order valence-corrected chi connectivity index (χ3v) is 3.72. The summed E-state index contributed by atoms with van der Waals surface area (Å²) in [6.07, 6.45) is -6.16. The van der Waals surface area contributed by atoms with Crippen LogP contribution in [0.1, 0.15) is 27.7 Å². The van der Waals surface area contributed by atoms with Crippen LogP contribution in [0.15, 0.2) is 0 Å². The lowest BCUT2D eigenvalue weighted by Crippen LogP contribution is -2.69. The molecule has 0 unspecified atom stereocenters. The minimum atomic E-state index is -1.41. The molecule has 2 rings (SSSR count). The number of hydrogen-bond acceptors (Lipinski definition) is 10. The van der Waals surface area contributed by atoms with Crippen LogP contribution in [0.3, 0.4) is 0 Å². The molecule has 0 spiro atoms. The topological polar surface area (TPSA) is 135 Å². The number of fused-ring (bicyclic) bond motifs is 1. The van der Waals surface area contributed by atoms with E-state index in [-0.39, 0.29) is 6.61 Å². The van der Waals surface area contributed by atoms with Crippen LogP contribution in [0.5, 0.6) is 0 Å². The first-order chi connectivity index (χ1) is 12.1. The minimum Gasteiger partial charge on any atom is -0.456 e. The van der Waals surface area contributed by atoms with Gasteiger partial charge in [-0.3, -0.25) is 24.1 Å². The van der Waals surface area contributed by atoms with Gasteiger partial charge < -0.3 is 23.7 Å². The molecule has 144 valence electrons. The number of hydrogen-bond donors (Lipinski definition) is 0. The lowest BCUT2D eigenvalue weighted by atomic mass is 9.92. The van der Waals surface area contributed by atoms with E-state index in [9.17, 15) is 24.0 Å². The maximum absolute atomic E-state index is 12.1. The van der Waals surface area contributed by atoms with Gasteiger partial charge in [-0.2, -0.15) is 0 Å². The van der Waals surface area contributed by atoms with Gasteiger partial charge >= 0.3 is 30.0 Å². The molecule has 1 amide bonds. The molecule has 2 heterocycles. The van der Waals surface area contributed by atoms with Crippen molar-refractivity contribution in [2.45, 2.75) is 58.3 Å². The summed E-state index contributed by atoms with van der Waals surface area (Å²) in [7, 11) is 0. The Hall–Kier alpha value is -2.85. The maximum atomic E-state index is 12.1. The Morgan fingerprint density at radius 1 is 0.808 bits per heavy atom. The van der Waals surface area contributed by atoms with Crippen molar-refractivity contribution in [2.24, 2.45) is 0 Å². The highest BCUT2D eigenvalue weighted by molar-refractivity contribution is 5.74. The smallest absolute Gasteiger partial charge is 0.413 e. The van der Waals surface area contributed by atoms with Crippen molar-refractivity contribution in [3.63, 3.8) is 0 Å². The number of esters is 4. The monoisotopic (exact) mass is 373 g/mol. The number of carbonyl (C=O) groups excluding carboxylic acids is 5. The molecule has 0 saturated carbocycles. The highest BCUT2D eigenvalue weighted by Crippen LogP contribution is 2.35. The number of amides is 1. The van der Waals surface area contributed by atoms with E-state index >= 15 is 0 Å². The fourth-order valence-electron chi connectivity index (χ4n) is 2.99. The van der Waals surface area contributed by atoms with Crippen molar-refractivity contribution in [1.29, 1.82) is 0 Å². The van der Waals surface area contributed by atoms with Gasteiger partial charge in [-0.25, -0.2) is 4.79 Å². The highest BCUT2D eigenvalue weighted by atomic mass is 16.7. The number of rotatable bonds is 4. The Kier molecular flexibility index (Phi) is 5.68. The van der Waals surface area contributed by atoms with Gasteiger partial charge in [-0.15, -0.1) is 0 Å². The SMILES string of the molecule is CC(=O)O[C@H]1[C@H](OC(C)=O)[C@H]2COC(=O)N2[C@H](OC(C)=O)[C@H]1OC(C)=O. The second kappa shape index (κ2) is 7.58. The van der Waals surface area contributed by atoms with Gasteiger partial charge in [0.25, 0.3) is 0 Å². The average Bonchev–Trinajstić information content (AvgIpc) is 2.86. The van der Waals surface area contributed by atoms with Crippen LogP contribution in [0, 0.1) is 0 Å². The van der Waals surface area contributed by atoms with Crippen molar-refractivity contribution in [3.05, 3.63) is 0 Å². The van der Waals surface area contributed by atoms with Gasteiger partial charge in [-0.1, -0.05) is 0 Å². The molecule has 2 fully saturated rings. The lowest BCUT2D eigenvalue weighted by Gasteiger charge is -2.46. The molecule has 0 N–H and O–H groups in total. The zero-order chi connectivity index (χ0) is 19.6. The summed E-state index contributed by atoms with van der Waals surface area (Å²) >= 11 is 0. The predicted molar refractivity (Wildman–Crippen MR) is 79.2 cm³/mol. The summed E-state index contributed by atoms with van der Waals surface area (Å²) in [5.41, 5.74) is 0. The molecule has 2 aliphatic heterocycles. The van der Waals surface area contributed by atoms with Crippen molar-refractivity contribution >= 4 is 30.0 Å². The molecule has 2 saturated heterocycles. The molecular formula is C15H19NO10. The number of piperidine rings is 1. The summed E-state index contributed by atoms with van der Waals surface area (Å²) < 4.78 is 25.6. The summed E-state index contributed by atoms with van der Waals surface area (Å²) in [5.74, 6) is -3.00. The van der Waals surface area contributed by atoms with Crippen molar-refractivity contribution in [3.8, 4) is 0 Å². The molecule has 0 aliphatic carbocycles. The molecule has 0 bridgehead atoms. The van der Waals surface area contributed by atoms with Crippen LogP contribution >= 0.6 is 0 Å². The van der Waals surface area contributed by atoms with Crippen LogP contribution in [0.2, 0.25) is 0 Å². The van der Waals surface area contributed by atoms with Gasteiger partial charge in [0.05, 0.1) is 0 Å². The summed E-state index contributed by atoms with van der Waals surface area (Å²) in [5, 5.41) is 0. The zero-order valence-electron chi connectivity index (χ0n) is 14.6. The van der Waals surface area contributed by atoms with E-state index in [1.165, 1.54) is 0 Å². The maximum Gasteiger partial charge on any atom is 0.413 e. The number of carbonyl (C=O) groups is 5. The predicted octanol–water partition coefficient (Wildman–Crippen LogP) is -0.495. The quantitative estimate of drug-likeness (QED) is 0.469. The number of cyclic esters (lactones) is 1. The lowest BCUT2D eigenvalue weighted by molar-refractivity contribution is -0.236. The van der Waals surface area contributed by atoms with E-state index < -0.39 is 60.6 Å². The molecule has 0 aromatic heterocycles. The van der Waals surface area contributed by atoms with Crippen LogP contribution < -0.4 is 0 Å². The normalized spacial score (nSPS) is 29.9. The number of nitrogens with zero attached hydrogens (tertiary/aromatic N) is 1. The fourth-order valence-corrected chi connectivity index (χ4v) is 2.99. The van der Waals surface area contributed by atoms with E-state index in [4.69, 9.17) is 23.7 Å². The average molecular weight is 373 g/mol. The third-order valence-electron chi connectivity index (χ3n) is 3.72. The first-order valence-corrected chi connectivity index (χ1v) is 7.75. The van der Waals surface area contributed by atoms with Crippen LogP contribution in [-0.4, -0.2) is 72.1 Å². The molecule has 11 nitrogen and oxygen atoms in total. The van der Waals surface area contributed by atoms with Gasteiger partial charge in [0.1, 0.15) is 12.6 Å². The van der Waals surface area contributed by atoms with Crippen LogP contribution in [0.25, 0.3) is 0 Å². The van der Waals surface area contributed by atoms with Crippen molar-refractivity contribution < 1.29 is 47.7 Å². The molecular weight excluding hydrogens is 354 g/mol. The van der Waals surface area contributed by atoms with Gasteiger partial charge in [-0.05, 0) is 0 Å². The summed E-state index contributed by atoms with van der Waals surface area (Å²) in [6.45, 7) is 4.23. The Morgan fingerprint density at radius 2 is 1.27 bits per heavy atom. The van der Waals surface area contributed by atoms with Gasteiger partial charge in [0.2, 0.25) is 6.23 Å². The van der Waals surface area contributed by atoms with Crippen LogP contribution in [-0.2, 0) is 42.9 Å². The summed E-state index contributed by atoms with van der Waals surface area (Å²) in [4.78, 5) is 59.2. The number of ether oxygens (including phenoxy) is 5. The van der Waals surface area contributed by atoms with E-state index in [1.54, 1.807) is 0 Å². The Bertz CT molecular complexity index is 632. The van der Waals surface area contributed by atoms with Crippen LogP contribution in [0.4, 0.5) is 4.79 Å². The second-order valence-electron chi connectivity index (χ2n) is 5.77. The van der Waals surface area contributed by atoms with Crippen molar-refractivity contribution in [2.75, 3.05) is 6.61 Å². The fraction of sp³-hybridized carbons (Fsp3) is 0.667. The van der Waals surface area contributed by atoms with E-state index in [1.807, 2.05) is 0 Å². The van der Waals surface area contributed by atoms with Gasteiger partial charge in [0.15, 0.2) is 18.3 Å². The molecule has 2 aliphatic rings. The van der Waals surface area contributed by atoms with E-state index in [0.29, 0.717) is 0 Å².